The minimum atomic E-state index is -3.82. The zero-order valence-corrected chi connectivity index (χ0v) is 15.2. The number of amides is 1. The fraction of sp³-hybridized carbons (Fsp3) is 0.222. The van der Waals surface area contributed by atoms with Gasteiger partial charge in [-0.15, -0.1) is 0 Å². The Balaban J connectivity index is 2.22. The summed E-state index contributed by atoms with van der Waals surface area (Å²) >= 11 is 0. The molecule has 2 aromatic carbocycles. The molecule has 0 fully saturated rings. The standard InChI is InChI=1S/C18H20N2O5S/c1-12-8-9-16(13(2)10-12)26(24,25)19-11-15(20-17(21)18(22)23)14-6-4-3-5-7-14/h3-10,15,19H,11H2,1-2H3,(H,20,21)(H,22,23). The van der Waals surface area contributed by atoms with Crippen molar-refractivity contribution >= 4 is 21.9 Å². The number of nitrogens with one attached hydrogen (secondary N) is 2. The molecule has 7 nitrogen and oxygen atoms in total. The molecule has 8 heteroatoms. The highest BCUT2D eigenvalue weighted by atomic mass is 32.2. The Morgan fingerprint density at radius 1 is 1.08 bits per heavy atom. The molecule has 0 aliphatic heterocycles. The van der Waals surface area contributed by atoms with Gasteiger partial charge in [0.15, 0.2) is 0 Å². The number of hydrogen-bond donors (Lipinski definition) is 3. The van der Waals surface area contributed by atoms with Crippen molar-refractivity contribution in [1.29, 1.82) is 0 Å². The number of carboxylic acid groups (broad SMARTS) is 1. The van der Waals surface area contributed by atoms with Gasteiger partial charge in [0.1, 0.15) is 0 Å². The molecule has 26 heavy (non-hydrogen) atoms. The van der Waals surface area contributed by atoms with Crippen molar-refractivity contribution in [2.45, 2.75) is 24.8 Å². The third-order valence-corrected chi connectivity index (χ3v) is 5.38. The lowest BCUT2D eigenvalue weighted by Gasteiger charge is -2.19. The summed E-state index contributed by atoms with van der Waals surface area (Å²) in [5.74, 6) is -2.84. The Bertz CT molecular complexity index is 910. The molecule has 3 N–H and O–H groups in total. The van der Waals surface area contributed by atoms with Crippen LogP contribution in [0.5, 0.6) is 0 Å². The maximum absolute atomic E-state index is 12.6. The van der Waals surface area contributed by atoms with Crippen LogP contribution in [-0.4, -0.2) is 31.9 Å². The van der Waals surface area contributed by atoms with Gasteiger partial charge in [0.05, 0.1) is 10.9 Å². The fourth-order valence-electron chi connectivity index (χ4n) is 2.53. The minimum Gasteiger partial charge on any atom is -0.474 e. The highest BCUT2D eigenvalue weighted by Crippen LogP contribution is 2.18. The minimum absolute atomic E-state index is 0.138. The van der Waals surface area contributed by atoms with Crippen LogP contribution >= 0.6 is 0 Å². The molecule has 2 aromatic rings. The van der Waals surface area contributed by atoms with Gasteiger partial charge in [-0.3, -0.25) is 4.79 Å². The van der Waals surface area contributed by atoms with Gasteiger partial charge in [-0.2, -0.15) is 0 Å². The number of carboxylic acids is 1. The number of rotatable bonds is 6. The molecule has 0 spiro atoms. The second-order valence-electron chi connectivity index (χ2n) is 5.86. The van der Waals surface area contributed by atoms with Crippen molar-refractivity contribution in [3.8, 4) is 0 Å². The summed E-state index contributed by atoms with van der Waals surface area (Å²) in [4.78, 5) is 22.5. The van der Waals surface area contributed by atoms with Crippen molar-refractivity contribution in [2.75, 3.05) is 6.54 Å². The maximum atomic E-state index is 12.6. The second kappa shape index (κ2) is 8.11. The second-order valence-corrected chi connectivity index (χ2v) is 7.60. The van der Waals surface area contributed by atoms with Crippen molar-refractivity contribution in [2.24, 2.45) is 0 Å². The van der Waals surface area contributed by atoms with Crippen LogP contribution in [0.1, 0.15) is 22.7 Å². The normalized spacial score (nSPS) is 12.4. The first-order valence-corrected chi connectivity index (χ1v) is 9.34. The number of carbonyl (C=O) groups is 2. The van der Waals surface area contributed by atoms with E-state index in [2.05, 4.69) is 10.0 Å². The number of carbonyl (C=O) groups excluding carboxylic acids is 1. The van der Waals surface area contributed by atoms with E-state index >= 15 is 0 Å². The molecule has 1 atom stereocenters. The van der Waals surface area contributed by atoms with Gasteiger partial charge >= 0.3 is 11.9 Å². The van der Waals surface area contributed by atoms with Crippen LogP contribution in [0.2, 0.25) is 0 Å². The first-order valence-electron chi connectivity index (χ1n) is 7.86. The molecule has 0 aromatic heterocycles. The third-order valence-electron chi connectivity index (χ3n) is 3.80. The summed E-state index contributed by atoms with van der Waals surface area (Å²) in [6.07, 6.45) is 0. The van der Waals surface area contributed by atoms with Crippen molar-refractivity contribution in [3.05, 3.63) is 65.2 Å². The Kier molecular flexibility index (Phi) is 6.12. The van der Waals surface area contributed by atoms with Crippen LogP contribution in [0.4, 0.5) is 0 Å². The molecule has 0 aliphatic rings. The van der Waals surface area contributed by atoms with Gasteiger partial charge in [-0.25, -0.2) is 17.9 Å². The smallest absolute Gasteiger partial charge is 0.394 e. The number of sulfonamides is 1. The van der Waals surface area contributed by atoms with Gasteiger partial charge in [0.2, 0.25) is 10.0 Å². The average molecular weight is 376 g/mol. The van der Waals surface area contributed by atoms with Crippen LogP contribution in [0.25, 0.3) is 0 Å². The van der Waals surface area contributed by atoms with Crippen LogP contribution in [0.15, 0.2) is 53.4 Å². The van der Waals surface area contributed by atoms with Gasteiger partial charge in [0, 0.05) is 6.54 Å². The molecular weight excluding hydrogens is 356 g/mol. The molecule has 0 saturated heterocycles. The molecule has 0 bridgehead atoms. The van der Waals surface area contributed by atoms with E-state index in [4.69, 9.17) is 5.11 Å². The number of hydrogen-bond acceptors (Lipinski definition) is 4. The van der Waals surface area contributed by atoms with Gasteiger partial charge in [-0.1, -0.05) is 48.0 Å². The predicted molar refractivity (Wildman–Crippen MR) is 96.1 cm³/mol. The van der Waals surface area contributed by atoms with Crippen molar-refractivity contribution < 1.29 is 23.1 Å². The van der Waals surface area contributed by atoms with E-state index in [1.165, 1.54) is 6.07 Å². The molecule has 138 valence electrons. The summed E-state index contributed by atoms with van der Waals surface area (Å²) in [5, 5.41) is 11.1. The average Bonchev–Trinajstić information content (AvgIpc) is 2.58. The molecule has 0 saturated carbocycles. The maximum Gasteiger partial charge on any atom is 0.394 e. The summed E-state index contributed by atoms with van der Waals surface area (Å²) in [7, 11) is -3.82. The van der Waals surface area contributed by atoms with Crippen LogP contribution in [-0.2, 0) is 19.6 Å². The van der Waals surface area contributed by atoms with E-state index in [0.717, 1.165) is 5.56 Å². The zero-order chi connectivity index (χ0) is 19.3. The Hall–Kier alpha value is -2.71. The Morgan fingerprint density at radius 3 is 2.31 bits per heavy atom. The molecular formula is C18H20N2O5S. The monoisotopic (exact) mass is 376 g/mol. The topological polar surface area (TPSA) is 113 Å². The van der Waals surface area contributed by atoms with Gasteiger partial charge in [-0.05, 0) is 31.0 Å². The van der Waals surface area contributed by atoms with Crippen molar-refractivity contribution in [1.82, 2.24) is 10.0 Å². The van der Waals surface area contributed by atoms with E-state index in [1.807, 2.05) is 6.92 Å². The first-order chi connectivity index (χ1) is 12.2. The molecule has 0 radical (unpaired) electrons. The van der Waals surface area contributed by atoms with Crippen LogP contribution in [0.3, 0.4) is 0 Å². The van der Waals surface area contributed by atoms with E-state index in [1.54, 1.807) is 49.4 Å². The Labute approximate surface area is 152 Å². The van der Waals surface area contributed by atoms with E-state index in [9.17, 15) is 18.0 Å². The highest BCUT2D eigenvalue weighted by Gasteiger charge is 2.23. The zero-order valence-electron chi connectivity index (χ0n) is 14.4. The summed E-state index contributed by atoms with van der Waals surface area (Å²) in [6, 6.07) is 12.7. The fourth-order valence-corrected chi connectivity index (χ4v) is 3.80. The largest absolute Gasteiger partial charge is 0.474 e. The molecule has 0 heterocycles. The van der Waals surface area contributed by atoms with Gasteiger partial charge in [0.25, 0.3) is 0 Å². The van der Waals surface area contributed by atoms with E-state index < -0.39 is 27.9 Å². The highest BCUT2D eigenvalue weighted by molar-refractivity contribution is 7.89. The Morgan fingerprint density at radius 2 is 1.73 bits per heavy atom. The lowest BCUT2D eigenvalue weighted by atomic mass is 10.1. The number of aliphatic carboxylic acids is 1. The predicted octanol–water partition coefficient (Wildman–Crippen LogP) is 1.52. The third kappa shape index (κ3) is 4.90. The van der Waals surface area contributed by atoms with Gasteiger partial charge < -0.3 is 10.4 Å². The molecule has 1 unspecified atom stereocenters. The molecule has 2 rings (SSSR count). The number of benzene rings is 2. The summed E-state index contributed by atoms with van der Waals surface area (Å²) in [5.41, 5.74) is 2.13. The van der Waals surface area contributed by atoms with E-state index in [0.29, 0.717) is 11.1 Å². The van der Waals surface area contributed by atoms with Crippen LogP contribution < -0.4 is 10.0 Å². The first kappa shape index (κ1) is 19.6. The van der Waals surface area contributed by atoms with E-state index in [-0.39, 0.29) is 11.4 Å². The number of aryl methyl sites for hydroxylation is 2. The van der Waals surface area contributed by atoms with Crippen molar-refractivity contribution in [3.63, 3.8) is 0 Å². The summed E-state index contributed by atoms with van der Waals surface area (Å²) in [6.45, 7) is 3.38. The molecule has 1 amide bonds. The molecule has 0 aliphatic carbocycles. The quantitative estimate of drug-likeness (QED) is 0.662. The lowest BCUT2D eigenvalue weighted by molar-refractivity contribution is -0.150. The van der Waals surface area contributed by atoms with Crippen LogP contribution in [0, 0.1) is 13.8 Å². The lowest BCUT2D eigenvalue weighted by Crippen LogP contribution is -2.40. The summed E-state index contributed by atoms with van der Waals surface area (Å²) < 4.78 is 27.6. The SMILES string of the molecule is Cc1ccc(S(=O)(=O)NCC(NC(=O)C(=O)O)c2ccccc2)c(C)c1.